The molecule has 3 nitrogen and oxygen atoms in total. The number of nitrogens with two attached hydrogens (primary N) is 1. The predicted molar refractivity (Wildman–Crippen MR) is 108 cm³/mol. The van der Waals surface area contributed by atoms with Crippen LogP contribution < -0.4 is 5.73 Å². The summed E-state index contributed by atoms with van der Waals surface area (Å²) in [6, 6.07) is 22.3. The van der Waals surface area contributed by atoms with Crippen LogP contribution in [-0.4, -0.2) is 42.0 Å². The van der Waals surface area contributed by atoms with Gasteiger partial charge < -0.3 is 5.73 Å². The third kappa shape index (κ3) is 4.01. The van der Waals surface area contributed by atoms with Crippen LogP contribution in [0.5, 0.6) is 0 Å². The lowest BCUT2D eigenvalue weighted by atomic mass is 9.75. The van der Waals surface area contributed by atoms with Gasteiger partial charge in [-0.2, -0.15) is 0 Å². The summed E-state index contributed by atoms with van der Waals surface area (Å²) >= 11 is 0. The summed E-state index contributed by atoms with van der Waals surface area (Å²) in [4.78, 5) is 5.30. The molecule has 0 spiro atoms. The van der Waals surface area contributed by atoms with Crippen LogP contribution in [0.15, 0.2) is 60.7 Å². The zero-order chi connectivity index (χ0) is 17.8. The third-order valence-electron chi connectivity index (χ3n) is 6.37. The summed E-state index contributed by atoms with van der Waals surface area (Å²) in [7, 11) is 0. The van der Waals surface area contributed by atoms with Crippen LogP contribution in [0.4, 0.5) is 0 Å². The van der Waals surface area contributed by atoms with E-state index in [9.17, 15) is 0 Å². The first-order valence-corrected chi connectivity index (χ1v) is 10.1. The minimum absolute atomic E-state index is 0.118. The van der Waals surface area contributed by atoms with E-state index in [2.05, 4.69) is 70.5 Å². The van der Waals surface area contributed by atoms with E-state index < -0.39 is 0 Å². The summed E-state index contributed by atoms with van der Waals surface area (Å²) in [5, 5.41) is 0. The standard InChI is InChI=1S/C23H31N3/c24-23(21-9-5-2-6-10-21)13-11-22(12-14-23)26-17-15-25(16-18-26)19-20-7-3-1-4-8-20/h1-10,22H,11-19,24H2/t22-,23+. The fourth-order valence-corrected chi connectivity index (χ4v) is 4.67. The maximum atomic E-state index is 6.75. The molecule has 1 saturated heterocycles. The van der Waals surface area contributed by atoms with Gasteiger partial charge in [0.05, 0.1) is 0 Å². The highest BCUT2D eigenvalue weighted by molar-refractivity contribution is 5.24. The largest absolute Gasteiger partial charge is 0.321 e. The van der Waals surface area contributed by atoms with Crippen molar-refractivity contribution in [2.45, 2.75) is 43.8 Å². The smallest absolute Gasteiger partial charge is 0.0410 e. The Hall–Kier alpha value is -1.68. The molecule has 0 unspecified atom stereocenters. The molecular formula is C23H31N3. The van der Waals surface area contributed by atoms with Crippen molar-refractivity contribution in [3.63, 3.8) is 0 Å². The number of hydrogen-bond donors (Lipinski definition) is 1. The maximum absolute atomic E-state index is 6.75. The van der Waals surface area contributed by atoms with Gasteiger partial charge in [0.1, 0.15) is 0 Å². The second-order valence-corrected chi connectivity index (χ2v) is 8.05. The molecule has 0 bridgehead atoms. The molecule has 3 heteroatoms. The van der Waals surface area contributed by atoms with E-state index in [-0.39, 0.29) is 5.54 Å². The van der Waals surface area contributed by atoms with E-state index in [0.717, 1.165) is 19.4 Å². The average molecular weight is 350 g/mol. The molecule has 0 radical (unpaired) electrons. The quantitative estimate of drug-likeness (QED) is 0.915. The Balaban J connectivity index is 1.27. The van der Waals surface area contributed by atoms with Crippen LogP contribution in [0.1, 0.15) is 36.8 Å². The first kappa shape index (κ1) is 17.7. The number of piperazine rings is 1. The lowest BCUT2D eigenvalue weighted by molar-refractivity contribution is 0.0626. The molecule has 0 atom stereocenters. The molecule has 2 aromatic rings. The van der Waals surface area contributed by atoms with Crippen molar-refractivity contribution < 1.29 is 0 Å². The molecule has 0 amide bonds. The third-order valence-corrected chi connectivity index (χ3v) is 6.37. The summed E-state index contributed by atoms with van der Waals surface area (Å²) in [5.74, 6) is 0. The molecule has 2 fully saturated rings. The topological polar surface area (TPSA) is 32.5 Å². The Labute approximate surface area is 157 Å². The predicted octanol–water partition coefficient (Wildman–Crippen LogP) is 3.60. The van der Waals surface area contributed by atoms with Crippen molar-refractivity contribution in [2.24, 2.45) is 5.73 Å². The van der Waals surface area contributed by atoms with E-state index in [0.29, 0.717) is 6.04 Å². The van der Waals surface area contributed by atoms with Gasteiger partial charge in [-0.25, -0.2) is 0 Å². The minimum atomic E-state index is -0.118. The SMILES string of the molecule is N[C@]1(c2ccccc2)CC[C@H](N2CCN(Cc3ccccc3)CC2)CC1. The van der Waals surface area contributed by atoms with Crippen LogP contribution in [0.3, 0.4) is 0 Å². The van der Waals surface area contributed by atoms with Crippen molar-refractivity contribution in [2.75, 3.05) is 26.2 Å². The van der Waals surface area contributed by atoms with E-state index in [4.69, 9.17) is 5.73 Å². The highest BCUT2D eigenvalue weighted by Gasteiger charge is 2.35. The molecule has 4 rings (SSSR count). The Morgan fingerprint density at radius 1 is 0.808 bits per heavy atom. The van der Waals surface area contributed by atoms with Crippen LogP contribution in [0, 0.1) is 0 Å². The van der Waals surface area contributed by atoms with E-state index >= 15 is 0 Å². The van der Waals surface area contributed by atoms with Crippen molar-refractivity contribution >= 4 is 0 Å². The Bertz CT molecular complexity index is 669. The van der Waals surface area contributed by atoms with Crippen LogP contribution in [0.25, 0.3) is 0 Å². The fourth-order valence-electron chi connectivity index (χ4n) is 4.67. The van der Waals surface area contributed by atoms with Gasteiger partial charge in [0.25, 0.3) is 0 Å². The molecule has 1 saturated carbocycles. The zero-order valence-corrected chi connectivity index (χ0v) is 15.7. The molecule has 138 valence electrons. The van der Waals surface area contributed by atoms with Crippen LogP contribution in [-0.2, 0) is 12.1 Å². The minimum Gasteiger partial charge on any atom is -0.321 e. The van der Waals surface area contributed by atoms with Crippen LogP contribution >= 0.6 is 0 Å². The van der Waals surface area contributed by atoms with Gasteiger partial charge in [0, 0.05) is 44.3 Å². The van der Waals surface area contributed by atoms with Gasteiger partial charge in [-0.05, 0) is 36.8 Å². The first-order valence-electron chi connectivity index (χ1n) is 10.1. The molecule has 2 aromatic carbocycles. The van der Waals surface area contributed by atoms with Gasteiger partial charge in [-0.15, -0.1) is 0 Å². The average Bonchev–Trinajstić information content (AvgIpc) is 2.71. The van der Waals surface area contributed by atoms with Crippen molar-refractivity contribution in [3.8, 4) is 0 Å². The maximum Gasteiger partial charge on any atom is 0.0410 e. The molecule has 1 aliphatic carbocycles. The van der Waals surface area contributed by atoms with Gasteiger partial charge in [0.2, 0.25) is 0 Å². The molecular weight excluding hydrogens is 318 g/mol. The Morgan fingerprint density at radius 3 is 2.00 bits per heavy atom. The summed E-state index contributed by atoms with van der Waals surface area (Å²) in [6.45, 7) is 5.83. The normalized spacial score (nSPS) is 28.1. The van der Waals surface area contributed by atoms with Gasteiger partial charge >= 0.3 is 0 Å². The van der Waals surface area contributed by atoms with E-state index in [1.807, 2.05) is 0 Å². The fraction of sp³-hybridized carbons (Fsp3) is 0.478. The van der Waals surface area contributed by atoms with Gasteiger partial charge in [0.15, 0.2) is 0 Å². The second kappa shape index (κ2) is 7.91. The summed E-state index contributed by atoms with van der Waals surface area (Å²) in [5.41, 5.74) is 9.37. The molecule has 0 aromatic heterocycles. The van der Waals surface area contributed by atoms with Crippen molar-refractivity contribution in [1.29, 1.82) is 0 Å². The highest BCUT2D eigenvalue weighted by Crippen LogP contribution is 2.36. The lowest BCUT2D eigenvalue weighted by Gasteiger charge is -2.45. The second-order valence-electron chi connectivity index (χ2n) is 8.05. The molecule has 1 aliphatic heterocycles. The molecule has 26 heavy (non-hydrogen) atoms. The number of hydrogen-bond acceptors (Lipinski definition) is 3. The van der Waals surface area contributed by atoms with E-state index in [1.54, 1.807) is 0 Å². The van der Waals surface area contributed by atoms with Crippen LogP contribution in [0.2, 0.25) is 0 Å². The van der Waals surface area contributed by atoms with Crippen molar-refractivity contribution in [3.05, 3.63) is 71.8 Å². The summed E-state index contributed by atoms with van der Waals surface area (Å²) < 4.78 is 0. The number of benzene rings is 2. The molecule has 2 N–H and O–H groups in total. The summed E-state index contributed by atoms with van der Waals surface area (Å²) in [6.07, 6.45) is 4.66. The zero-order valence-electron chi connectivity index (χ0n) is 15.7. The monoisotopic (exact) mass is 349 g/mol. The highest BCUT2D eigenvalue weighted by atomic mass is 15.3. The number of rotatable bonds is 4. The van der Waals surface area contributed by atoms with Gasteiger partial charge in [-0.1, -0.05) is 60.7 Å². The Morgan fingerprint density at radius 2 is 1.38 bits per heavy atom. The number of nitrogens with zero attached hydrogens (tertiary/aromatic N) is 2. The van der Waals surface area contributed by atoms with Gasteiger partial charge in [-0.3, -0.25) is 9.80 Å². The van der Waals surface area contributed by atoms with E-state index in [1.165, 1.54) is 50.1 Å². The molecule has 1 heterocycles. The van der Waals surface area contributed by atoms with Crippen molar-refractivity contribution in [1.82, 2.24) is 9.80 Å². The molecule has 2 aliphatic rings. The lowest BCUT2D eigenvalue weighted by Crippen LogP contribution is -2.53. The first-order chi connectivity index (χ1) is 12.7. The Kier molecular flexibility index (Phi) is 5.39.